The first kappa shape index (κ1) is 16.1. The molecule has 2 rings (SSSR count). The maximum atomic E-state index is 12.2. The number of nitrogens with zero attached hydrogens (tertiary/aromatic N) is 1. The molecule has 1 aliphatic heterocycles. The van der Waals surface area contributed by atoms with Gasteiger partial charge in [-0.15, -0.1) is 0 Å². The summed E-state index contributed by atoms with van der Waals surface area (Å²) in [4.78, 5) is 24.9. The average Bonchev–Trinajstić information content (AvgIpc) is 2.52. The Hall–Kier alpha value is -1.26. The standard InChI is InChI=1S/C16H28N2O3/c1-2-12-6-3-4-7-13(12)10-17-16(21)18-9-5-8-14(11-18)15(19)20/h12-14H,2-11H2,1H3,(H,17,21)(H,19,20). The van der Waals surface area contributed by atoms with E-state index < -0.39 is 11.9 Å². The van der Waals surface area contributed by atoms with Crippen molar-refractivity contribution in [1.82, 2.24) is 10.2 Å². The van der Waals surface area contributed by atoms with E-state index in [1.54, 1.807) is 4.90 Å². The molecular formula is C16H28N2O3. The number of urea groups is 1. The van der Waals surface area contributed by atoms with Crippen LogP contribution in [0.2, 0.25) is 0 Å². The van der Waals surface area contributed by atoms with Crippen LogP contribution in [0.3, 0.4) is 0 Å². The molecule has 1 heterocycles. The van der Waals surface area contributed by atoms with Crippen LogP contribution in [-0.4, -0.2) is 41.6 Å². The van der Waals surface area contributed by atoms with Gasteiger partial charge in [0.2, 0.25) is 0 Å². The van der Waals surface area contributed by atoms with Crippen molar-refractivity contribution in [2.24, 2.45) is 17.8 Å². The van der Waals surface area contributed by atoms with Crippen molar-refractivity contribution >= 4 is 12.0 Å². The van der Waals surface area contributed by atoms with Gasteiger partial charge >= 0.3 is 12.0 Å². The van der Waals surface area contributed by atoms with E-state index in [1.807, 2.05) is 0 Å². The molecule has 1 saturated carbocycles. The van der Waals surface area contributed by atoms with Crippen molar-refractivity contribution in [2.75, 3.05) is 19.6 Å². The summed E-state index contributed by atoms with van der Waals surface area (Å²) >= 11 is 0. The topological polar surface area (TPSA) is 69.6 Å². The molecule has 3 unspecified atom stereocenters. The fraction of sp³-hybridized carbons (Fsp3) is 0.875. The summed E-state index contributed by atoms with van der Waals surface area (Å²) in [5, 5.41) is 12.1. The summed E-state index contributed by atoms with van der Waals surface area (Å²) in [7, 11) is 0. The number of carbonyl (C=O) groups excluding carboxylic acids is 1. The second-order valence-corrected chi connectivity index (χ2v) is 6.52. The predicted molar refractivity (Wildman–Crippen MR) is 81.1 cm³/mol. The second-order valence-electron chi connectivity index (χ2n) is 6.52. The Morgan fingerprint density at radius 1 is 1.14 bits per heavy atom. The zero-order chi connectivity index (χ0) is 15.2. The lowest BCUT2D eigenvalue weighted by molar-refractivity contribution is -0.143. The van der Waals surface area contributed by atoms with Crippen LogP contribution in [0.5, 0.6) is 0 Å². The summed E-state index contributed by atoms with van der Waals surface area (Å²) in [5.74, 6) is 0.133. The molecule has 1 saturated heterocycles. The minimum Gasteiger partial charge on any atom is -0.481 e. The van der Waals surface area contributed by atoms with Crippen molar-refractivity contribution in [3.05, 3.63) is 0 Å². The van der Waals surface area contributed by atoms with Crippen LogP contribution in [0.1, 0.15) is 51.9 Å². The first-order valence-electron chi connectivity index (χ1n) is 8.37. The first-order chi connectivity index (χ1) is 10.1. The molecule has 120 valence electrons. The SMILES string of the molecule is CCC1CCCCC1CNC(=O)N1CCCC(C(=O)O)C1. The van der Waals surface area contributed by atoms with Gasteiger partial charge < -0.3 is 15.3 Å². The maximum Gasteiger partial charge on any atom is 0.317 e. The monoisotopic (exact) mass is 296 g/mol. The number of piperidine rings is 1. The Morgan fingerprint density at radius 3 is 2.52 bits per heavy atom. The predicted octanol–water partition coefficient (Wildman–Crippen LogP) is 2.71. The van der Waals surface area contributed by atoms with E-state index >= 15 is 0 Å². The highest BCUT2D eigenvalue weighted by molar-refractivity contribution is 5.76. The van der Waals surface area contributed by atoms with Gasteiger partial charge in [-0.2, -0.15) is 0 Å². The van der Waals surface area contributed by atoms with Gasteiger partial charge in [-0.25, -0.2) is 4.79 Å². The molecule has 1 aliphatic carbocycles. The number of likely N-dealkylation sites (tertiary alicyclic amines) is 1. The van der Waals surface area contributed by atoms with Crippen LogP contribution in [0.25, 0.3) is 0 Å². The van der Waals surface area contributed by atoms with Crippen molar-refractivity contribution in [3.8, 4) is 0 Å². The molecule has 5 nitrogen and oxygen atoms in total. The normalized spacial score (nSPS) is 30.0. The Morgan fingerprint density at radius 2 is 1.86 bits per heavy atom. The van der Waals surface area contributed by atoms with Crippen LogP contribution in [-0.2, 0) is 4.79 Å². The summed E-state index contributed by atoms with van der Waals surface area (Å²) in [5.41, 5.74) is 0. The molecule has 0 aromatic carbocycles. The summed E-state index contributed by atoms with van der Waals surface area (Å²) in [6.45, 7) is 4.00. The van der Waals surface area contributed by atoms with Gasteiger partial charge in [-0.05, 0) is 31.1 Å². The van der Waals surface area contributed by atoms with Crippen LogP contribution in [0.4, 0.5) is 4.79 Å². The molecule has 2 aliphatic rings. The number of carbonyl (C=O) groups is 2. The van der Waals surface area contributed by atoms with Gasteiger partial charge in [-0.3, -0.25) is 4.79 Å². The number of aliphatic carboxylic acids is 1. The number of hydrogen-bond acceptors (Lipinski definition) is 2. The Labute approximate surface area is 127 Å². The third kappa shape index (κ3) is 4.35. The molecule has 0 spiro atoms. The number of rotatable bonds is 4. The number of carboxylic acids is 1. The van der Waals surface area contributed by atoms with Gasteiger partial charge in [0.15, 0.2) is 0 Å². The highest BCUT2D eigenvalue weighted by Crippen LogP contribution is 2.31. The lowest BCUT2D eigenvalue weighted by Crippen LogP contribution is -2.48. The Balaban J connectivity index is 1.79. The van der Waals surface area contributed by atoms with Gasteiger partial charge in [0.05, 0.1) is 5.92 Å². The minimum atomic E-state index is -0.786. The van der Waals surface area contributed by atoms with E-state index in [0.717, 1.165) is 18.9 Å². The van der Waals surface area contributed by atoms with Crippen LogP contribution in [0, 0.1) is 17.8 Å². The van der Waals surface area contributed by atoms with E-state index in [2.05, 4.69) is 12.2 Å². The summed E-state index contributed by atoms with van der Waals surface area (Å²) < 4.78 is 0. The third-order valence-electron chi connectivity index (χ3n) is 5.16. The summed E-state index contributed by atoms with van der Waals surface area (Å²) in [6.07, 6.45) is 7.71. The van der Waals surface area contributed by atoms with Crippen LogP contribution >= 0.6 is 0 Å². The lowest BCUT2D eigenvalue weighted by atomic mass is 9.78. The van der Waals surface area contributed by atoms with Crippen molar-refractivity contribution in [1.29, 1.82) is 0 Å². The van der Waals surface area contributed by atoms with Gasteiger partial charge in [0.25, 0.3) is 0 Å². The van der Waals surface area contributed by atoms with Gasteiger partial charge in [0, 0.05) is 19.6 Å². The van der Waals surface area contributed by atoms with Crippen LogP contribution < -0.4 is 5.32 Å². The quantitative estimate of drug-likeness (QED) is 0.838. The van der Waals surface area contributed by atoms with Crippen molar-refractivity contribution in [3.63, 3.8) is 0 Å². The maximum absolute atomic E-state index is 12.2. The van der Waals surface area contributed by atoms with E-state index in [-0.39, 0.29) is 6.03 Å². The Bertz CT molecular complexity index is 373. The molecule has 0 aromatic heterocycles. The summed E-state index contributed by atoms with van der Waals surface area (Å²) in [6, 6.07) is -0.0821. The molecule has 5 heteroatoms. The minimum absolute atomic E-state index is 0.0821. The van der Waals surface area contributed by atoms with E-state index in [1.165, 1.54) is 32.1 Å². The lowest BCUT2D eigenvalue weighted by Gasteiger charge is -2.34. The molecule has 21 heavy (non-hydrogen) atoms. The zero-order valence-electron chi connectivity index (χ0n) is 13.0. The molecule has 2 amide bonds. The van der Waals surface area contributed by atoms with Crippen LogP contribution in [0.15, 0.2) is 0 Å². The first-order valence-corrected chi connectivity index (χ1v) is 8.37. The highest BCUT2D eigenvalue weighted by Gasteiger charge is 2.29. The largest absolute Gasteiger partial charge is 0.481 e. The molecule has 0 aromatic rings. The number of amides is 2. The second kappa shape index (κ2) is 7.66. The zero-order valence-corrected chi connectivity index (χ0v) is 13.0. The highest BCUT2D eigenvalue weighted by atomic mass is 16.4. The Kier molecular flexibility index (Phi) is 5.88. The molecule has 2 N–H and O–H groups in total. The van der Waals surface area contributed by atoms with Gasteiger partial charge in [0.1, 0.15) is 0 Å². The fourth-order valence-electron chi connectivity index (χ4n) is 3.78. The third-order valence-corrected chi connectivity index (χ3v) is 5.16. The number of hydrogen-bond donors (Lipinski definition) is 2. The van der Waals surface area contributed by atoms with E-state index in [9.17, 15) is 9.59 Å². The fourth-order valence-corrected chi connectivity index (χ4v) is 3.78. The van der Waals surface area contributed by atoms with Crippen molar-refractivity contribution in [2.45, 2.75) is 51.9 Å². The molecule has 2 fully saturated rings. The van der Waals surface area contributed by atoms with E-state index in [4.69, 9.17) is 5.11 Å². The van der Waals surface area contributed by atoms with Gasteiger partial charge in [-0.1, -0.05) is 32.6 Å². The number of carboxylic acid groups (broad SMARTS) is 1. The molecule has 0 bridgehead atoms. The molecular weight excluding hydrogens is 268 g/mol. The molecule has 0 radical (unpaired) electrons. The number of nitrogens with one attached hydrogen (secondary N) is 1. The van der Waals surface area contributed by atoms with E-state index in [0.29, 0.717) is 25.4 Å². The average molecular weight is 296 g/mol. The van der Waals surface area contributed by atoms with Crippen molar-refractivity contribution < 1.29 is 14.7 Å². The molecule has 3 atom stereocenters. The smallest absolute Gasteiger partial charge is 0.317 e.